The predicted molar refractivity (Wildman–Crippen MR) is 87.4 cm³/mol. The summed E-state index contributed by atoms with van der Waals surface area (Å²) in [5.41, 5.74) is 4.83. The van der Waals surface area contributed by atoms with Gasteiger partial charge in [0.05, 0.1) is 12.0 Å². The maximum absolute atomic E-state index is 13.0. The number of aromatic nitrogens is 2. The Kier molecular flexibility index (Phi) is 5.33. The molecule has 0 unspecified atom stereocenters. The van der Waals surface area contributed by atoms with Crippen molar-refractivity contribution in [1.82, 2.24) is 19.9 Å². The molecule has 1 aromatic heterocycles. The van der Waals surface area contributed by atoms with Crippen LogP contribution in [0.2, 0.25) is 0 Å². The molecule has 9 heteroatoms. The SMILES string of the molecule is COCCCN1CCC[C@@]2(CCN(Cc3nc(C(N)=O)no3)C2)C1=O. The fourth-order valence-electron chi connectivity index (χ4n) is 3.85. The molecular weight excluding hydrogens is 326 g/mol. The first-order valence-corrected chi connectivity index (χ1v) is 8.67. The highest BCUT2D eigenvalue weighted by Crippen LogP contribution is 2.40. The minimum absolute atomic E-state index is 0.109. The number of methoxy groups -OCH3 is 1. The van der Waals surface area contributed by atoms with Gasteiger partial charge in [0.25, 0.3) is 11.7 Å². The molecule has 0 aromatic carbocycles. The van der Waals surface area contributed by atoms with E-state index in [0.29, 0.717) is 25.6 Å². The number of nitrogens with two attached hydrogens (primary N) is 1. The molecule has 1 atom stereocenters. The largest absolute Gasteiger partial charge is 0.385 e. The second-order valence-electron chi connectivity index (χ2n) is 6.86. The molecule has 3 rings (SSSR count). The summed E-state index contributed by atoms with van der Waals surface area (Å²) in [5.74, 6) is -0.212. The van der Waals surface area contributed by atoms with Crippen LogP contribution < -0.4 is 5.73 Å². The molecule has 9 nitrogen and oxygen atoms in total. The van der Waals surface area contributed by atoms with Gasteiger partial charge in [0.15, 0.2) is 0 Å². The van der Waals surface area contributed by atoms with Crippen molar-refractivity contribution in [3.8, 4) is 0 Å². The van der Waals surface area contributed by atoms with E-state index in [-0.39, 0.29) is 17.1 Å². The third-order valence-corrected chi connectivity index (χ3v) is 5.08. The molecule has 3 heterocycles. The van der Waals surface area contributed by atoms with E-state index in [1.54, 1.807) is 7.11 Å². The summed E-state index contributed by atoms with van der Waals surface area (Å²) in [7, 11) is 1.68. The molecule has 2 N–H and O–H groups in total. The first-order chi connectivity index (χ1) is 12.0. The third-order valence-electron chi connectivity index (χ3n) is 5.08. The van der Waals surface area contributed by atoms with Crippen molar-refractivity contribution in [2.45, 2.75) is 32.2 Å². The maximum atomic E-state index is 13.0. The Balaban J connectivity index is 1.59. The molecule has 2 amide bonds. The van der Waals surface area contributed by atoms with Gasteiger partial charge in [-0.2, -0.15) is 4.98 Å². The molecule has 25 heavy (non-hydrogen) atoms. The van der Waals surface area contributed by atoms with Crippen LogP contribution in [0.4, 0.5) is 0 Å². The van der Waals surface area contributed by atoms with E-state index in [1.165, 1.54) is 0 Å². The molecule has 2 aliphatic rings. The lowest BCUT2D eigenvalue weighted by molar-refractivity contribution is -0.145. The van der Waals surface area contributed by atoms with Gasteiger partial charge in [0.1, 0.15) is 0 Å². The lowest BCUT2D eigenvalue weighted by Gasteiger charge is -2.39. The maximum Gasteiger partial charge on any atom is 0.290 e. The Morgan fingerprint density at radius 3 is 2.96 bits per heavy atom. The smallest absolute Gasteiger partial charge is 0.290 e. The number of nitrogens with zero attached hydrogens (tertiary/aromatic N) is 4. The van der Waals surface area contributed by atoms with Crippen LogP contribution in [0.1, 0.15) is 42.2 Å². The van der Waals surface area contributed by atoms with E-state index in [2.05, 4.69) is 15.0 Å². The van der Waals surface area contributed by atoms with Crippen molar-refractivity contribution in [3.63, 3.8) is 0 Å². The molecule has 1 spiro atoms. The van der Waals surface area contributed by atoms with E-state index in [9.17, 15) is 9.59 Å². The highest BCUT2D eigenvalue weighted by Gasteiger charge is 2.48. The van der Waals surface area contributed by atoms with Gasteiger partial charge in [-0.05, 0) is 32.2 Å². The summed E-state index contributed by atoms with van der Waals surface area (Å²) in [5, 5.41) is 3.56. The lowest BCUT2D eigenvalue weighted by atomic mass is 9.78. The molecule has 2 aliphatic heterocycles. The average molecular weight is 351 g/mol. The van der Waals surface area contributed by atoms with Gasteiger partial charge in [-0.3, -0.25) is 14.5 Å². The molecule has 138 valence electrons. The molecule has 0 bridgehead atoms. The van der Waals surface area contributed by atoms with Crippen LogP contribution in [0.15, 0.2) is 4.52 Å². The van der Waals surface area contributed by atoms with Crippen LogP contribution in [-0.4, -0.2) is 71.7 Å². The normalized spacial score (nSPS) is 24.4. The van der Waals surface area contributed by atoms with Gasteiger partial charge in [0.2, 0.25) is 11.8 Å². The lowest BCUT2D eigenvalue weighted by Crippen LogP contribution is -2.50. The first-order valence-electron chi connectivity index (χ1n) is 8.67. The van der Waals surface area contributed by atoms with Crippen molar-refractivity contribution in [1.29, 1.82) is 0 Å². The standard InChI is InChI=1S/C16H25N5O4/c1-24-9-3-7-21-6-2-4-16(15(21)23)5-8-20(11-16)10-12-18-14(13(17)22)19-25-12/h2-11H2,1H3,(H2,17,22)/t16-/m0/s1. The van der Waals surface area contributed by atoms with Crippen LogP contribution in [0.5, 0.6) is 0 Å². The fourth-order valence-corrected chi connectivity index (χ4v) is 3.85. The highest BCUT2D eigenvalue weighted by molar-refractivity contribution is 5.88. The molecule has 0 saturated carbocycles. The Morgan fingerprint density at radius 1 is 1.40 bits per heavy atom. The minimum Gasteiger partial charge on any atom is -0.385 e. The van der Waals surface area contributed by atoms with E-state index in [0.717, 1.165) is 45.3 Å². The minimum atomic E-state index is -0.706. The van der Waals surface area contributed by atoms with Crippen LogP contribution in [-0.2, 0) is 16.1 Å². The van der Waals surface area contributed by atoms with Gasteiger partial charge in [-0.1, -0.05) is 5.16 Å². The van der Waals surface area contributed by atoms with Crippen LogP contribution in [0.25, 0.3) is 0 Å². The summed E-state index contributed by atoms with van der Waals surface area (Å²) in [6.45, 7) is 4.16. The molecular formula is C16H25N5O4. The Labute approximate surface area is 146 Å². The van der Waals surface area contributed by atoms with E-state index >= 15 is 0 Å². The number of primary amides is 1. The van der Waals surface area contributed by atoms with E-state index in [4.69, 9.17) is 15.0 Å². The zero-order chi connectivity index (χ0) is 17.9. The summed E-state index contributed by atoms with van der Waals surface area (Å²) < 4.78 is 10.1. The molecule has 0 aliphatic carbocycles. The van der Waals surface area contributed by atoms with Crippen molar-refractivity contribution >= 4 is 11.8 Å². The number of ether oxygens (including phenoxy) is 1. The Hall–Kier alpha value is -2.00. The number of hydrogen-bond donors (Lipinski definition) is 1. The van der Waals surface area contributed by atoms with Crippen molar-refractivity contribution < 1.29 is 18.8 Å². The van der Waals surface area contributed by atoms with Crippen LogP contribution >= 0.6 is 0 Å². The van der Waals surface area contributed by atoms with Gasteiger partial charge in [-0.25, -0.2) is 0 Å². The Bertz CT molecular complexity index is 634. The zero-order valence-electron chi connectivity index (χ0n) is 14.6. The van der Waals surface area contributed by atoms with E-state index < -0.39 is 5.91 Å². The second kappa shape index (κ2) is 7.49. The third kappa shape index (κ3) is 3.82. The molecule has 2 fully saturated rings. The number of piperidine rings is 1. The first kappa shape index (κ1) is 17.8. The average Bonchev–Trinajstić information content (AvgIpc) is 3.21. The number of carbonyl (C=O) groups excluding carboxylic acids is 2. The number of carbonyl (C=O) groups is 2. The summed E-state index contributed by atoms with van der Waals surface area (Å²) >= 11 is 0. The van der Waals surface area contributed by atoms with Crippen molar-refractivity contribution in [3.05, 3.63) is 11.7 Å². The highest BCUT2D eigenvalue weighted by atomic mass is 16.5. The van der Waals surface area contributed by atoms with E-state index in [1.807, 2.05) is 4.90 Å². The quantitative estimate of drug-likeness (QED) is 0.689. The molecule has 0 radical (unpaired) electrons. The zero-order valence-corrected chi connectivity index (χ0v) is 14.6. The van der Waals surface area contributed by atoms with Crippen LogP contribution in [0.3, 0.4) is 0 Å². The summed E-state index contributed by atoms with van der Waals surface area (Å²) in [6.07, 6.45) is 3.64. The van der Waals surface area contributed by atoms with Crippen molar-refractivity contribution in [2.75, 3.05) is 39.9 Å². The Morgan fingerprint density at radius 2 is 2.24 bits per heavy atom. The van der Waals surface area contributed by atoms with Crippen molar-refractivity contribution in [2.24, 2.45) is 11.1 Å². The summed E-state index contributed by atoms with van der Waals surface area (Å²) in [4.78, 5) is 32.1. The second-order valence-corrected chi connectivity index (χ2v) is 6.86. The van der Waals surface area contributed by atoms with Gasteiger partial charge in [-0.15, -0.1) is 0 Å². The topological polar surface area (TPSA) is 115 Å². The van der Waals surface area contributed by atoms with Crippen LogP contribution in [0, 0.1) is 5.41 Å². The van der Waals surface area contributed by atoms with Gasteiger partial charge in [0, 0.05) is 33.4 Å². The number of rotatable bonds is 7. The van der Waals surface area contributed by atoms with Gasteiger partial charge >= 0.3 is 0 Å². The number of amides is 2. The number of likely N-dealkylation sites (tertiary alicyclic amines) is 2. The monoisotopic (exact) mass is 351 g/mol. The summed E-state index contributed by atoms with van der Waals surface area (Å²) in [6, 6.07) is 0. The van der Waals surface area contributed by atoms with Gasteiger partial charge < -0.3 is 19.9 Å². The fraction of sp³-hybridized carbons (Fsp3) is 0.750. The molecule has 1 aromatic rings. The molecule has 2 saturated heterocycles. The predicted octanol–water partition coefficient (Wildman–Crippen LogP) is 0.0195. The number of hydrogen-bond acceptors (Lipinski definition) is 7.